The van der Waals surface area contributed by atoms with Crippen molar-refractivity contribution in [3.05, 3.63) is 22.4 Å². The number of thiophene rings is 1. The van der Waals surface area contributed by atoms with Crippen molar-refractivity contribution in [3.8, 4) is 0 Å². The van der Waals surface area contributed by atoms with E-state index < -0.39 is 0 Å². The molecule has 1 aliphatic rings. The Morgan fingerprint density at radius 2 is 2.32 bits per heavy atom. The maximum absolute atomic E-state index is 11.8. The molecule has 0 bridgehead atoms. The number of piperidine rings is 1. The Balaban J connectivity index is 0.00000220. The highest BCUT2D eigenvalue weighted by Crippen LogP contribution is 2.20. The van der Waals surface area contributed by atoms with Crippen molar-refractivity contribution >= 4 is 42.1 Å². The van der Waals surface area contributed by atoms with Crippen LogP contribution < -0.4 is 11.1 Å². The van der Waals surface area contributed by atoms with Crippen LogP contribution in [-0.2, 0) is 11.3 Å². The van der Waals surface area contributed by atoms with Gasteiger partial charge in [0.05, 0.1) is 0 Å². The molecular weight excluding hydrogens is 341 g/mol. The molecule has 1 saturated heterocycles. The molecule has 7 heteroatoms. The summed E-state index contributed by atoms with van der Waals surface area (Å²) in [6, 6.07) is 4.30. The lowest BCUT2D eigenvalue weighted by atomic mass is 9.97. The zero-order valence-corrected chi connectivity index (χ0v) is 15.4. The third kappa shape index (κ3) is 6.84. The van der Waals surface area contributed by atoms with Crippen LogP contribution in [0.3, 0.4) is 0 Å². The van der Waals surface area contributed by atoms with Crippen molar-refractivity contribution in [2.75, 3.05) is 26.2 Å². The molecule has 0 radical (unpaired) electrons. The average Bonchev–Trinajstić information content (AvgIpc) is 2.97. The largest absolute Gasteiger partial charge is 0.356 e. The molecule has 1 aromatic heterocycles. The van der Waals surface area contributed by atoms with Crippen molar-refractivity contribution in [1.29, 1.82) is 0 Å². The lowest BCUT2D eigenvalue weighted by molar-refractivity contribution is -0.124. The molecule has 2 unspecified atom stereocenters. The number of hydrogen-bond donors (Lipinski definition) is 2. The fourth-order valence-electron chi connectivity index (χ4n) is 2.61. The van der Waals surface area contributed by atoms with E-state index >= 15 is 0 Å². The van der Waals surface area contributed by atoms with E-state index in [0.717, 1.165) is 19.6 Å². The van der Waals surface area contributed by atoms with E-state index in [4.69, 9.17) is 5.73 Å². The highest BCUT2D eigenvalue weighted by molar-refractivity contribution is 7.09. The molecule has 0 saturated carbocycles. The molecule has 1 amide bonds. The second kappa shape index (κ2) is 11.2. The van der Waals surface area contributed by atoms with Crippen LogP contribution in [0.15, 0.2) is 17.5 Å². The van der Waals surface area contributed by atoms with Gasteiger partial charge in [0, 0.05) is 37.0 Å². The molecule has 22 heavy (non-hydrogen) atoms. The lowest BCUT2D eigenvalue weighted by Gasteiger charge is -2.32. The Labute approximate surface area is 149 Å². The minimum absolute atomic E-state index is 0. The Kier molecular flexibility index (Phi) is 11.1. The maximum Gasteiger partial charge on any atom is 0.224 e. The summed E-state index contributed by atoms with van der Waals surface area (Å²) < 4.78 is 0. The van der Waals surface area contributed by atoms with Gasteiger partial charge in [0.15, 0.2) is 0 Å². The highest BCUT2D eigenvalue weighted by atomic mass is 35.5. The molecule has 0 spiro atoms. The number of halogens is 2. The number of hydrogen-bond acceptors (Lipinski definition) is 4. The summed E-state index contributed by atoms with van der Waals surface area (Å²) in [5, 5.41) is 5.17. The van der Waals surface area contributed by atoms with Crippen LogP contribution in [0.5, 0.6) is 0 Å². The van der Waals surface area contributed by atoms with E-state index in [1.165, 1.54) is 24.3 Å². The van der Waals surface area contributed by atoms with Gasteiger partial charge in [0.1, 0.15) is 0 Å². The number of carbonyl (C=O) groups is 1. The Morgan fingerprint density at radius 1 is 1.55 bits per heavy atom. The monoisotopic (exact) mass is 367 g/mol. The van der Waals surface area contributed by atoms with Crippen LogP contribution in [0, 0.1) is 11.8 Å². The quantitative estimate of drug-likeness (QED) is 0.811. The molecule has 0 aromatic carbocycles. The van der Waals surface area contributed by atoms with Gasteiger partial charge in [-0.3, -0.25) is 9.69 Å². The van der Waals surface area contributed by atoms with Crippen LogP contribution >= 0.6 is 36.2 Å². The van der Waals surface area contributed by atoms with Gasteiger partial charge in [-0.05, 0) is 36.8 Å². The predicted molar refractivity (Wildman–Crippen MR) is 98.0 cm³/mol. The van der Waals surface area contributed by atoms with Gasteiger partial charge < -0.3 is 11.1 Å². The first-order valence-electron chi connectivity index (χ1n) is 7.41. The van der Waals surface area contributed by atoms with E-state index in [1.807, 2.05) is 18.3 Å². The Bertz CT molecular complexity index is 417. The van der Waals surface area contributed by atoms with E-state index in [0.29, 0.717) is 12.5 Å². The summed E-state index contributed by atoms with van der Waals surface area (Å²) >= 11 is 1.82. The van der Waals surface area contributed by atoms with Crippen LogP contribution in [-0.4, -0.2) is 37.0 Å². The molecule has 1 aliphatic heterocycles. The molecule has 3 N–H and O–H groups in total. The van der Waals surface area contributed by atoms with Crippen molar-refractivity contribution in [1.82, 2.24) is 10.2 Å². The molecule has 0 aliphatic carbocycles. The number of likely N-dealkylation sites (tertiary alicyclic amines) is 1. The standard InChI is InChI=1S/C15H25N3OS.2ClH/c1-12(8-16)15(19)17-9-13-4-2-6-18(10-13)11-14-5-3-7-20-14;;/h3,5,7,12-13H,2,4,6,8-11,16H2,1H3,(H,17,19);2*1H. The SMILES string of the molecule is CC(CN)C(=O)NCC1CCCN(Cc2cccs2)C1.Cl.Cl. The second-order valence-corrected chi connectivity index (χ2v) is 6.74. The van der Waals surface area contributed by atoms with Gasteiger partial charge >= 0.3 is 0 Å². The molecule has 1 fully saturated rings. The van der Waals surface area contributed by atoms with Gasteiger partial charge in [-0.1, -0.05) is 13.0 Å². The van der Waals surface area contributed by atoms with E-state index in [2.05, 4.69) is 27.7 Å². The van der Waals surface area contributed by atoms with E-state index in [1.54, 1.807) is 0 Å². The summed E-state index contributed by atoms with van der Waals surface area (Å²) in [4.78, 5) is 15.7. The van der Waals surface area contributed by atoms with Gasteiger partial charge in [0.25, 0.3) is 0 Å². The summed E-state index contributed by atoms with van der Waals surface area (Å²) in [7, 11) is 0. The minimum atomic E-state index is -0.0826. The van der Waals surface area contributed by atoms with Crippen LogP contribution in [0.4, 0.5) is 0 Å². The van der Waals surface area contributed by atoms with Gasteiger partial charge in [-0.15, -0.1) is 36.2 Å². The smallest absolute Gasteiger partial charge is 0.224 e. The van der Waals surface area contributed by atoms with E-state index in [-0.39, 0.29) is 36.6 Å². The van der Waals surface area contributed by atoms with Crippen LogP contribution in [0.2, 0.25) is 0 Å². The summed E-state index contributed by atoms with van der Waals surface area (Å²) in [5.41, 5.74) is 5.51. The molecule has 2 atom stereocenters. The van der Waals surface area contributed by atoms with Crippen molar-refractivity contribution in [2.24, 2.45) is 17.6 Å². The first kappa shape index (κ1) is 21.7. The molecule has 2 rings (SSSR count). The third-order valence-corrected chi connectivity index (χ3v) is 4.79. The minimum Gasteiger partial charge on any atom is -0.356 e. The first-order chi connectivity index (χ1) is 9.69. The third-order valence-electron chi connectivity index (χ3n) is 3.93. The average molecular weight is 368 g/mol. The van der Waals surface area contributed by atoms with Crippen molar-refractivity contribution < 1.29 is 4.79 Å². The zero-order valence-electron chi connectivity index (χ0n) is 13.0. The molecule has 4 nitrogen and oxygen atoms in total. The van der Waals surface area contributed by atoms with Crippen LogP contribution in [0.1, 0.15) is 24.6 Å². The van der Waals surface area contributed by atoms with Crippen molar-refractivity contribution in [3.63, 3.8) is 0 Å². The number of carbonyl (C=O) groups excluding carboxylic acids is 1. The molecule has 128 valence electrons. The van der Waals surface area contributed by atoms with E-state index in [9.17, 15) is 4.79 Å². The highest BCUT2D eigenvalue weighted by Gasteiger charge is 2.21. The zero-order chi connectivity index (χ0) is 14.4. The number of nitrogens with zero attached hydrogens (tertiary/aromatic N) is 1. The first-order valence-corrected chi connectivity index (χ1v) is 8.29. The van der Waals surface area contributed by atoms with Gasteiger partial charge in [-0.25, -0.2) is 0 Å². The number of nitrogens with two attached hydrogens (primary N) is 1. The maximum atomic E-state index is 11.8. The van der Waals surface area contributed by atoms with Crippen molar-refractivity contribution in [2.45, 2.75) is 26.3 Å². The number of rotatable bonds is 6. The Morgan fingerprint density at radius 3 is 2.95 bits per heavy atom. The summed E-state index contributed by atoms with van der Waals surface area (Å²) in [6.07, 6.45) is 2.43. The normalized spacial score (nSPS) is 19.6. The predicted octanol–water partition coefficient (Wildman–Crippen LogP) is 2.51. The number of nitrogens with one attached hydrogen (secondary N) is 1. The molecule has 1 aromatic rings. The molecule has 2 heterocycles. The fraction of sp³-hybridized carbons (Fsp3) is 0.667. The lowest BCUT2D eigenvalue weighted by Crippen LogP contribution is -2.42. The summed E-state index contributed by atoms with van der Waals surface area (Å²) in [5.74, 6) is 0.571. The van der Waals surface area contributed by atoms with Gasteiger partial charge in [-0.2, -0.15) is 0 Å². The van der Waals surface area contributed by atoms with Gasteiger partial charge in [0.2, 0.25) is 5.91 Å². The summed E-state index contributed by atoms with van der Waals surface area (Å²) in [6.45, 7) is 6.36. The second-order valence-electron chi connectivity index (χ2n) is 5.70. The fourth-order valence-corrected chi connectivity index (χ4v) is 3.36. The number of amides is 1. The van der Waals surface area contributed by atoms with Crippen LogP contribution in [0.25, 0.3) is 0 Å². The topological polar surface area (TPSA) is 58.4 Å². The molecular formula is C15H27Cl2N3OS. The Hall–Kier alpha value is -0.330.